The Hall–Kier alpha value is -2.33. The Bertz CT molecular complexity index is 832. The lowest BCUT2D eigenvalue weighted by Gasteiger charge is -2.10. The van der Waals surface area contributed by atoms with Crippen molar-refractivity contribution in [3.05, 3.63) is 64.2 Å². The summed E-state index contributed by atoms with van der Waals surface area (Å²) in [6, 6.07) is 12.3. The first-order valence-corrected chi connectivity index (χ1v) is 7.35. The predicted octanol–water partition coefficient (Wildman–Crippen LogP) is 3.42. The fraction of sp³-hybridized carbons (Fsp3) is 0.176. The summed E-state index contributed by atoms with van der Waals surface area (Å²) in [6.45, 7) is 0. The van der Waals surface area contributed by atoms with Crippen LogP contribution in [0.15, 0.2) is 42.5 Å². The molecule has 0 radical (unpaired) electrons. The number of halogens is 1. The zero-order valence-corrected chi connectivity index (χ0v) is 12.2. The van der Waals surface area contributed by atoms with Crippen molar-refractivity contribution in [3.8, 4) is 0 Å². The molecule has 4 rings (SSSR count). The van der Waals surface area contributed by atoms with Crippen LogP contribution in [-0.2, 0) is 10.2 Å². The van der Waals surface area contributed by atoms with E-state index in [9.17, 15) is 14.7 Å². The van der Waals surface area contributed by atoms with Gasteiger partial charge in [-0.1, -0.05) is 29.8 Å². The summed E-state index contributed by atoms with van der Waals surface area (Å²) in [7, 11) is 0. The van der Waals surface area contributed by atoms with Crippen LogP contribution in [0.1, 0.15) is 33.8 Å². The summed E-state index contributed by atoms with van der Waals surface area (Å²) in [5, 5.41) is 12.7. The van der Waals surface area contributed by atoms with Gasteiger partial charge in [0, 0.05) is 16.6 Å². The third kappa shape index (κ3) is 1.64. The number of rotatable bonds is 2. The standard InChI is InChI=1S/C17H12ClNO3/c18-13-4-2-1-3-10(13)12-8-17(12)11-7-9(15(20)21)5-6-14(11)19-16(17)22/h1-7,12H,8H2,(H,19,22)(H,20,21)/t12-,17-/m1/s1. The molecule has 110 valence electrons. The third-order valence-electron chi connectivity index (χ3n) is 4.64. The highest BCUT2D eigenvalue weighted by molar-refractivity contribution is 6.31. The van der Waals surface area contributed by atoms with Crippen LogP contribution in [0.5, 0.6) is 0 Å². The van der Waals surface area contributed by atoms with Gasteiger partial charge in [-0.3, -0.25) is 4.79 Å². The van der Waals surface area contributed by atoms with Crippen molar-refractivity contribution in [2.45, 2.75) is 17.8 Å². The number of amides is 1. The van der Waals surface area contributed by atoms with E-state index in [1.54, 1.807) is 12.1 Å². The molecule has 0 unspecified atom stereocenters. The number of carbonyl (C=O) groups excluding carboxylic acids is 1. The van der Waals surface area contributed by atoms with Crippen LogP contribution in [0.25, 0.3) is 0 Å². The molecule has 2 aliphatic rings. The van der Waals surface area contributed by atoms with E-state index in [0.29, 0.717) is 17.1 Å². The first-order chi connectivity index (χ1) is 10.5. The minimum Gasteiger partial charge on any atom is -0.478 e. The molecule has 2 aromatic rings. The van der Waals surface area contributed by atoms with Crippen molar-refractivity contribution in [1.82, 2.24) is 0 Å². The van der Waals surface area contributed by atoms with Crippen LogP contribution in [0.3, 0.4) is 0 Å². The average molecular weight is 314 g/mol. The second-order valence-electron chi connectivity index (χ2n) is 5.77. The molecule has 1 heterocycles. The number of aromatic carboxylic acids is 1. The molecule has 4 nitrogen and oxygen atoms in total. The minimum atomic E-state index is -0.993. The van der Waals surface area contributed by atoms with E-state index >= 15 is 0 Å². The molecule has 1 aliphatic heterocycles. The van der Waals surface area contributed by atoms with Crippen LogP contribution < -0.4 is 5.32 Å². The highest BCUT2D eigenvalue weighted by atomic mass is 35.5. The van der Waals surface area contributed by atoms with Gasteiger partial charge < -0.3 is 10.4 Å². The van der Waals surface area contributed by atoms with E-state index in [0.717, 1.165) is 11.1 Å². The summed E-state index contributed by atoms with van der Waals surface area (Å²) in [5.41, 5.74) is 1.92. The predicted molar refractivity (Wildman–Crippen MR) is 82.5 cm³/mol. The fourth-order valence-electron chi connectivity index (χ4n) is 3.46. The van der Waals surface area contributed by atoms with Crippen LogP contribution in [0, 0.1) is 0 Å². The van der Waals surface area contributed by atoms with E-state index in [1.807, 2.05) is 24.3 Å². The van der Waals surface area contributed by atoms with Crippen molar-refractivity contribution in [3.63, 3.8) is 0 Å². The molecule has 1 amide bonds. The number of carbonyl (C=O) groups is 2. The molecule has 22 heavy (non-hydrogen) atoms. The molecule has 1 spiro atoms. The van der Waals surface area contributed by atoms with E-state index < -0.39 is 11.4 Å². The number of carboxylic acid groups (broad SMARTS) is 1. The second kappa shape index (κ2) is 4.34. The Labute approximate surface area is 131 Å². The van der Waals surface area contributed by atoms with Gasteiger partial charge in [0.2, 0.25) is 5.91 Å². The lowest BCUT2D eigenvalue weighted by atomic mass is 9.91. The zero-order valence-electron chi connectivity index (χ0n) is 11.5. The molecule has 1 fully saturated rings. The van der Waals surface area contributed by atoms with Gasteiger partial charge in [-0.15, -0.1) is 0 Å². The maximum atomic E-state index is 12.5. The van der Waals surface area contributed by atoms with Gasteiger partial charge in [-0.2, -0.15) is 0 Å². The zero-order chi connectivity index (χ0) is 15.5. The fourth-order valence-corrected chi connectivity index (χ4v) is 3.72. The Morgan fingerprint density at radius 3 is 2.77 bits per heavy atom. The SMILES string of the molecule is O=C(O)c1ccc2c(c1)[C@@]1(C[C@@H]1c1ccccc1Cl)C(=O)N2. The van der Waals surface area contributed by atoms with Gasteiger partial charge in [0.25, 0.3) is 0 Å². The monoisotopic (exact) mass is 313 g/mol. The van der Waals surface area contributed by atoms with Crippen LogP contribution >= 0.6 is 11.6 Å². The van der Waals surface area contributed by atoms with Gasteiger partial charge >= 0.3 is 5.97 Å². The first-order valence-electron chi connectivity index (χ1n) is 6.98. The number of carboxylic acids is 1. The van der Waals surface area contributed by atoms with Crippen LogP contribution in [0.4, 0.5) is 5.69 Å². The van der Waals surface area contributed by atoms with Crippen molar-refractivity contribution < 1.29 is 14.7 Å². The Balaban J connectivity index is 1.83. The summed E-state index contributed by atoms with van der Waals surface area (Å²) in [6.07, 6.45) is 0.651. The molecule has 0 bridgehead atoms. The third-order valence-corrected chi connectivity index (χ3v) is 4.99. The number of hydrogen-bond acceptors (Lipinski definition) is 2. The number of nitrogens with one attached hydrogen (secondary N) is 1. The topological polar surface area (TPSA) is 66.4 Å². The molecule has 2 atom stereocenters. The van der Waals surface area contributed by atoms with Gasteiger partial charge in [0.05, 0.1) is 11.0 Å². The number of benzene rings is 2. The van der Waals surface area contributed by atoms with Gasteiger partial charge in [-0.25, -0.2) is 4.79 Å². The van der Waals surface area contributed by atoms with E-state index in [2.05, 4.69) is 5.32 Å². The smallest absolute Gasteiger partial charge is 0.335 e. The van der Waals surface area contributed by atoms with Crippen molar-refractivity contribution >= 4 is 29.2 Å². The molecule has 2 aromatic carbocycles. The average Bonchev–Trinajstić information content (AvgIpc) is 3.17. The van der Waals surface area contributed by atoms with Crippen molar-refractivity contribution in [2.75, 3.05) is 5.32 Å². The van der Waals surface area contributed by atoms with Gasteiger partial charge in [0.15, 0.2) is 0 Å². The quantitative estimate of drug-likeness (QED) is 0.892. The largest absolute Gasteiger partial charge is 0.478 e. The summed E-state index contributed by atoms with van der Waals surface area (Å²) >= 11 is 6.25. The maximum Gasteiger partial charge on any atom is 0.335 e. The number of fused-ring (bicyclic) bond motifs is 2. The van der Waals surface area contributed by atoms with Crippen LogP contribution in [-0.4, -0.2) is 17.0 Å². The first kappa shape index (κ1) is 13.3. The molecule has 2 N–H and O–H groups in total. The molecule has 5 heteroatoms. The Kier molecular flexibility index (Phi) is 2.63. The van der Waals surface area contributed by atoms with Crippen molar-refractivity contribution in [2.24, 2.45) is 0 Å². The van der Waals surface area contributed by atoms with Gasteiger partial charge in [-0.05, 0) is 41.8 Å². The van der Waals surface area contributed by atoms with Crippen LogP contribution in [0.2, 0.25) is 5.02 Å². The second-order valence-corrected chi connectivity index (χ2v) is 6.18. The van der Waals surface area contributed by atoms with E-state index in [4.69, 9.17) is 11.6 Å². The Morgan fingerprint density at radius 1 is 1.27 bits per heavy atom. The summed E-state index contributed by atoms with van der Waals surface area (Å²) < 4.78 is 0. The van der Waals surface area contributed by atoms with Crippen molar-refractivity contribution in [1.29, 1.82) is 0 Å². The highest BCUT2D eigenvalue weighted by Gasteiger charge is 2.65. The molecule has 1 saturated carbocycles. The summed E-state index contributed by atoms with van der Waals surface area (Å²) in [5.74, 6) is -1.08. The minimum absolute atomic E-state index is 0.00788. The molecule has 0 saturated heterocycles. The lowest BCUT2D eigenvalue weighted by molar-refractivity contribution is -0.118. The highest BCUT2D eigenvalue weighted by Crippen LogP contribution is 2.65. The normalized spacial score (nSPS) is 25.0. The van der Waals surface area contributed by atoms with E-state index in [1.165, 1.54) is 6.07 Å². The van der Waals surface area contributed by atoms with E-state index in [-0.39, 0.29) is 17.4 Å². The number of anilines is 1. The molecule has 1 aliphatic carbocycles. The molecular formula is C17H12ClNO3. The maximum absolute atomic E-state index is 12.5. The molecule has 0 aromatic heterocycles. The summed E-state index contributed by atoms with van der Waals surface area (Å²) in [4.78, 5) is 23.7. The van der Waals surface area contributed by atoms with Gasteiger partial charge in [0.1, 0.15) is 0 Å². The lowest BCUT2D eigenvalue weighted by Crippen LogP contribution is -2.21. The number of hydrogen-bond donors (Lipinski definition) is 2. The molecular weight excluding hydrogens is 302 g/mol. The Morgan fingerprint density at radius 2 is 2.05 bits per heavy atom.